The van der Waals surface area contributed by atoms with Crippen molar-refractivity contribution in [1.29, 1.82) is 0 Å². The molecule has 0 unspecified atom stereocenters. The first-order valence-corrected chi connectivity index (χ1v) is 6.25. The standard InChI is InChI=1S/C12H16N4OS/c1-9(17)15-4-6-16(7-5-15)11-8-10(12(13)18)2-3-14-11/h2-3,8H,4-7H2,1H3,(H2,13,18). The van der Waals surface area contributed by atoms with E-state index in [0.717, 1.165) is 37.6 Å². The Morgan fingerprint density at radius 1 is 1.39 bits per heavy atom. The van der Waals surface area contributed by atoms with Gasteiger partial charge in [-0.3, -0.25) is 4.79 Å². The normalized spacial score (nSPS) is 15.6. The van der Waals surface area contributed by atoms with Gasteiger partial charge in [-0.1, -0.05) is 12.2 Å². The fraction of sp³-hybridized carbons (Fsp3) is 0.417. The number of carbonyl (C=O) groups is 1. The SMILES string of the molecule is CC(=O)N1CCN(c2cc(C(N)=S)ccn2)CC1. The van der Waals surface area contributed by atoms with Gasteiger partial charge in [0.1, 0.15) is 10.8 Å². The van der Waals surface area contributed by atoms with Crippen LogP contribution in [0.4, 0.5) is 5.82 Å². The monoisotopic (exact) mass is 264 g/mol. The van der Waals surface area contributed by atoms with Crippen molar-refractivity contribution in [2.75, 3.05) is 31.1 Å². The minimum atomic E-state index is 0.125. The van der Waals surface area contributed by atoms with Crippen LogP contribution in [0, 0.1) is 0 Å². The minimum Gasteiger partial charge on any atom is -0.389 e. The number of rotatable bonds is 2. The highest BCUT2D eigenvalue weighted by molar-refractivity contribution is 7.80. The first-order chi connectivity index (χ1) is 8.58. The molecule has 0 spiro atoms. The summed E-state index contributed by atoms with van der Waals surface area (Å²) in [5.74, 6) is 0.989. The smallest absolute Gasteiger partial charge is 0.219 e. The van der Waals surface area contributed by atoms with Crippen LogP contribution < -0.4 is 10.6 Å². The third kappa shape index (κ3) is 2.76. The second-order valence-electron chi connectivity index (χ2n) is 4.26. The molecule has 1 fully saturated rings. The summed E-state index contributed by atoms with van der Waals surface area (Å²) in [5.41, 5.74) is 6.43. The van der Waals surface area contributed by atoms with E-state index >= 15 is 0 Å². The molecule has 1 aliphatic rings. The molecule has 0 aliphatic carbocycles. The van der Waals surface area contributed by atoms with Gasteiger partial charge in [0.25, 0.3) is 0 Å². The highest BCUT2D eigenvalue weighted by atomic mass is 32.1. The zero-order valence-corrected chi connectivity index (χ0v) is 11.1. The molecular weight excluding hydrogens is 248 g/mol. The van der Waals surface area contributed by atoms with Gasteiger partial charge in [0.15, 0.2) is 0 Å². The molecule has 0 saturated carbocycles. The van der Waals surface area contributed by atoms with Crippen molar-refractivity contribution in [3.8, 4) is 0 Å². The molecular formula is C12H16N4OS. The number of hydrogen-bond acceptors (Lipinski definition) is 4. The Morgan fingerprint density at radius 3 is 2.61 bits per heavy atom. The summed E-state index contributed by atoms with van der Waals surface area (Å²) < 4.78 is 0. The predicted octanol–water partition coefficient (Wildman–Crippen LogP) is 0.384. The topological polar surface area (TPSA) is 62.5 Å². The lowest BCUT2D eigenvalue weighted by Crippen LogP contribution is -2.48. The number of piperazine rings is 1. The first kappa shape index (κ1) is 12.8. The van der Waals surface area contributed by atoms with Gasteiger partial charge in [-0.2, -0.15) is 0 Å². The van der Waals surface area contributed by atoms with E-state index in [1.807, 2.05) is 11.0 Å². The number of carbonyl (C=O) groups excluding carboxylic acids is 1. The Labute approximate surface area is 112 Å². The molecule has 6 heteroatoms. The van der Waals surface area contributed by atoms with Crippen molar-refractivity contribution >= 4 is 28.9 Å². The second kappa shape index (κ2) is 5.30. The molecule has 0 aromatic carbocycles. The minimum absolute atomic E-state index is 0.125. The highest BCUT2D eigenvalue weighted by Crippen LogP contribution is 2.15. The molecule has 0 radical (unpaired) electrons. The molecule has 96 valence electrons. The van der Waals surface area contributed by atoms with Crippen molar-refractivity contribution in [1.82, 2.24) is 9.88 Å². The van der Waals surface area contributed by atoms with Crippen LogP contribution in [0.5, 0.6) is 0 Å². The lowest BCUT2D eigenvalue weighted by molar-refractivity contribution is -0.129. The third-order valence-corrected chi connectivity index (χ3v) is 3.31. The molecule has 0 atom stereocenters. The van der Waals surface area contributed by atoms with Crippen LogP contribution in [0.3, 0.4) is 0 Å². The Morgan fingerprint density at radius 2 is 2.06 bits per heavy atom. The van der Waals surface area contributed by atoms with Crippen LogP contribution >= 0.6 is 12.2 Å². The molecule has 2 heterocycles. The van der Waals surface area contributed by atoms with E-state index in [2.05, 4.69) is 9.88 Å². The van der Waals surface area contributed by atoms with Gasteiger partial charge in [0.2, 0.25) is 5.91 Å². The fourth-order valence-corrected chi connectivity index (χ4v) is 2.12. The quantitative estimate of drug-likeness (QED) is 0.783. The van der Waals surface area contributed by atoms with E-state index in [4.69, 9.17) is 18.0 Å². The van der Waals surface area contributed by atoms with Gasteiger partial charge in [0, 0.05) is 44.9 Å². The van der Waals surface area contributed by atoms with Crippen LogP contribution in [0.2, 0.25) is 0 Å². The zero-order valence-electron chi connectivity index (χ0n) is 10.3. The van der Waals surface area contributed by atoms with Crippen LogP contribution in [-0.4, -0.2) is 47.0 Å². The molecule has 18 heavy (non-hydrogen) atoms. The van der Waals surface area contributed by atoms with E-state index in [1.54, 1.807) is 19.2 Å². The number of nitrogens with zero attached hydrogens (tertiary/aromatic N) is 3. The number of thiocarbonyl (C=S) groups is 1. The summed E-state index contributed by atoms with van der Waals surface area (Å²) in [5, 5.41) is 0. The van der Waals surface area contributed by atoms with E-state index in [1.165, 1.54) is 0 Å². The number of pyridine rings is 1. The Bertz CT molecular complexity index is 469. The number of nitrogens with two attached hydrogens (primary N) is 1. The molecule has 2 rings (SSSR count). The molecule has 0 bridgehead atoms. The van der Waals surface area contributed by atoms with Crippen LogP contribution in [-0.2, 0) is 4.79 Å². The first-order valence-electron chi connectivity index (χ1n) is 5.84. The maximum Gasteiger partial charge on any atom is 0.219 e. The summed E-state index contributed by atoms with van der Waals surface area (Å²) in [6.07, 6.45) is 1.71. The zero-order chi connectivity index (χ0) is 13.1. The van der Waals surface area contributed by atoms with E-state index in [-0.39, 0.29) is 5.91 Å². The number of aromatic nitrogens is 1. The van der Waals surface area contributed by atoms with Gasteiger partial charge in [-0.15, -0.1) is 0 Å². The summed E-state index contributed by atoms with van der Waals surface area (Å²) >= 11 is 4.95. The summed E-state index contributed by atoms with van der Waals surface area (Å²) in [6, 6.07) is 3.70. The highest BCUT2D eigenvalue weighted by Gasteiger charge is 2.19. The molecule has 1 aromatic rings. The van der Waals surface area contributed by atoms with Crippen molar-refractivity contribution in [2.45, 2.75) is 6.92 Å². The van der Waals surface area contributed by atoms with Crippen LogP contribution in [0.25, 0.3) is 0 Å². The van der Waals surface area contributed by atoms with Crippen molar-refractivity contribution in [2.24, 2.45) is 5.73 Å². The fourth-order valence-electron chi connectivity index (χ4n) is 2.00. The Balaban J connectivity index is 2.07. The van der Waals surface area contributed by atoms with Crippen molar-refractivity contribution in [3.63, 3.8) is 0 Å². The number of anilines is 1. The average Bonchev–Trinajstić information content (AvgIpc) is 2.39. The molecule has 1 saturated heterocycles. The van der Waals surface area contributed by atoms with Gasteiger partial charge in [-0.25, -0.2) is 4.98 Å². The molecule has 5 nitrogen and oxygen atoms in total. The Hall–Kier alpha value is -1.69. The number of hydrogen-bond donors (Lipinski definition) is 1. The lowest BCUT2D eigenvalue weighted by Gasteiger charge is -2.35. The van der Waals surface area contributed by atoms with Gasteiger partial charge in [-0.05, 0) is 12.1 Å². The average molecular weight is 264 g/mol. The van der Waals surface area contributed by atoms with Gasteiger partial charge in [0.05, 0.1) is 0 Å². The van der Waals surface area contributed by atoms with Crippen LogP contribution in [0.1, 0.15) is 12.5 Å². The summed E-state index contributed by atoms with van der Waals surface area (Å²) in [6.45, 7) is 4.63. The molecule has 1 aromatic heterocycles. The molecule has 1 aliphatic heterocycles. The predicted molar refractivity (Wildman–Crippen MR) is 74.6 cm³/mol. The van der Waals surface area contributed by atoms with Crippen molar-refractivity contribution in [3.05, 3.63) is 23.9 Å². The van der Waals surface area contributed by atoms with E-state index in [9.17, 15) is 4.79 Å². The third-order valence-electron chi connectivity index (χ3n) is 3.08. The molecule has 1 amide bonds. The Kier molecular flexibility index (Phi) is 3.76. The maximum absolute atomic E-state index is 11.2. The van der Waals surface area contributed by atoms with E-state index in [0.29, 0.717) is 4.99 Å². The van der Waals surface area contributed by atoms with Gasteiger partial charge >= 0.3 is 0 Å². The lowest BCUT2D eigenvalue weighted by atomic mass is 10.2. The van der Waals surface area contributed by atoms with E-state index < -0.39 is 0 Å². The van der Waals surface area contributed by atoms with Crippen LogP contribution in [0.15, 0.2) is 18.3 Å². The van der Waals surface area contributed by atoms with Gasteiger partial charge < -0.3 is 15.5 Å². The molecule has 2 N–H and O–H groups in total. The maximum atomic E-state index is 11.2. The summed E-state index contributed by atoms with van der Waals surface area (Å²) in [7, 11) is 0. The summed E-state index contributed by atoms with van der Waals surface area (Å²) in [4.78, 5) is 19.9. The van der Waals surface area contributed by atoms with Crippen molar-refractivity contribution < 1.29 is 4.79 Å². The second-order valence-corrected chi connectivity index (χ2v) is 4.70. The largest absolute Gasteiger partial charge is 0.389 e. The number of amides is 1.